The summed E-state index contributed by atoms with van der Waals surface area (Å²) >= 11 is 0. The Morgan fingerprint density at radius 1 is 1.17 bits per heavy atom. The van der Waals surface area contributed by atoms with Gasteiger partial charge < -0.3 is 4.90 Å². The van der Waals surface area contributed by atoms with Gasteiger partial charge in [-0.1, -0.05) is 25.1 Å². The van der Waals surface area contributed by atoms with E-state index in [1.807, 2.05) is 23.1 Å². The van der Waals surface area contributed by atoms with Crippen LogP contribution in [0.3, 0.4) is 0 Å². The highest BCUT2D eigenvalue weighted by Crippen LogP contribution is 2.21. The number of benzene rings is 1. The number of aromatic nitrogens is 2. The van der Waals surface area contributed by atoms with Crippen molar-refractivity contribution in [3.05, 3.63) is 58.5 Å². The second-order valence-electron chi connectivity index (χ2n) is 5.86. The molecule has 1 amide bonds. The lowest BCUT2D eigenvalue weighted by molar-refractivity contribution is 0.0600. The maximum absolute atomic E-state index is 12.8. The van der Waals surface area contributed by atoms with Crippen LogP contribution in [-0.2, 0) is 0 Å². The molecule has 0 N–H and O–H groups in total. The van der Waals surface area contributed by atoms with E-state index < -0.39 is 0 Å². The normalized spacial score (nSPS) is 18.0. The number of likely N-dealkylation sites (tertiary alicyclic amines) is 1. The second-order valence-corrected chi connectivity index (χ2v) is 5.86. The summed E-state index contributed by atoms with van der Waals surface area (Å²) in [6.45, 7) is 2.87. The number of amides is 1. The third-order valence-corrected chi connectivity index (χ3v) is 4.38. The van der Waals surface area contributed by atoms with E-state index in [9.17, 15) is 9.59 Å². The summed E-state index contributed by atoms with van der Waals surface area (Å²) in [5.74, 6) is -0.0822. The molecule has 3 rings (SSSR count). The van der Waals surface area contributed by atoms with E-state index in [1.165, 1.54) is 23.2 Å². The first-order chi connectivity index (χ1) is 11.2. The van der Waals surface area contributed by atoms with Crippen LogP contribution in [0, 0.1) is 0 Å². The lowest BCUT2D eigenvalue weighted by Crippen LogP contribution is -2.44. The molecule has 0 aliphatic carbocycles. The first kappa shape index (κ1) is 15.5. The fraction of sp³-hybridized carbons (Fsp3) is 0.389. The number of carbonyl (C=O) groups excluding carboxylic acids is 1. The number of carbonyl (C=O) groups is 1. The fourth-order valence-electron chi connectivity index (χ4n) is 3.12. The van der Waals surface area contributed by atoms with E-state index in [0.29, 0.717) is 11.4 Å². The Hall–Kier alpha value is -2.43. The molecule has 1 aromatic carbocycles. The van der Waals surface area contributed by atoms with Gasteiger partial charge in [-0.15, -0.1) is 0 Å². The molecule has 1 aliphatic heterocycles. The van der Waals surface area contributed by atoms with Crippen LogP contribution in [-0.4, -0.2) is 33.2 Å². The van der Waals surface area contributed by atoms with Crippen molar-refractivity contribution in [3.8, 4) is 5.69 Å². The van der Waals surface area contributed by atoms with E-state index in [0.717, 1.165) is 25.8 Å². The summed E-state index contributed by atoms with van der Waals surface area (Å²) < 4.78 is 1.29. The Kier molecular flexibility index (Phi) is 4.55. The molecule has 5 heteroatoms. The Balaban J connectivity index is 1.94. The fourth-order valence-corrected chi connectivity index (χ4v) is 3.12. The molecule has 0 saturated carbocycles. The summed E-state index contributed by atoms with van der Waals surface area (Å²) in [4.78, 5) is 26.8. The van der Waals surface area contributed by atoms with E-state index >= 15 is 0 Å². The molecule has 0 unspecified atom stereocenters. The highest BCUT2D eigenvalue weighted by Gasteiger charge is 2.27. The van der Waals surface area contributed by atoms with Gasteiger partial charge in [-0.05, 0) is 43.9 Å². The average Bonchev–Trinajstić information content (AvgIpc) is 2.62. The smallest absolute Gasteiger partial charge is 0.274 e. The van der Waals surface area contributed by atoms with Gasteiger partial charge in [0.15, 0.2) is 0 Å². The zero-order valence-corrected chi connectivity index (χ0v) is 13.3. The van der Waals surface area contributed by atoms with Crippen LogP contribution in [0.15, 0.2) is 47.3 Å². The minimum absolute atomic E-state index is 0.0822. The van der Waals surface area contributed by atoms with Crippen LogP contribution in [0.5, 0.6) is 0 Å². The molecule has 1 saturated heterocycles. The van der Waals surface area contributed by atoms with E-state index in [-0.39, 0.29) is 17.5 Å². The zero-order valence-electron chi connectivity index (χ0n) is 13.3. The van der Waals surface area contributed by atoms with Gasteiger partial charge in [-0.3, -0.25) is 9.59 Å². The average molecular weight is 311 g/mol. The summed E-state index contributed by atoms with van der Waals surface area (Å²) in [6.07, 6.45) is 4.18. The molecule has 1 aliphatic rings. The molecule has 5 nitrogen and oxygen atoms in total. The van der Waals surface area contributed by atoms with Crippen molar-refractivity contribution in [3.63, 3.8) is 0 Å². The largest absolute Gasteiger partial charge is 0.334 e. The molecule has 1 aromatic heterocycles. The molecule has 0 spiro atoms. The second kappa shape index (κ2) is 6.77. The summed E-state index contributed by atoms with van der Waals surface area (Å²) in [7, 11) is 0. The molecule has 2 aromatic rings. The van der Waals surface area contributed by atoms with Crippen LogP contribution in [0.1, 0.15) is 43.1 Å². The van der Waals surface area contributed by atoms with Gasteiger partial charge in [-0.25, -0.2) is 0 Å². The standard InChI is InChI=1S/C18H21N3O2/c1-2-14-8-6-7-13-20(14)18(23)16-11-12-17(22)21(19-16)15-9-4-3-5-10-15/h3-5,9-12,14H,2,6-8,13H2,1H3/t14-/m1/s1. The van der Waals surface area contributed by atoms with E-state index in [1.54, 1.807) is 12.1 Å². The van der Waals surface area contributed by atoms with Gasteiger partial charge in [-0.2, -0.15) is 9.78 Å². The maximum Gasteiger partial charge on any atom is 0.274 e. The summed E-state index contributed by atoms with van der Waals surface area (Å²) in [5.41, 5.74) is 0.755. The third kappa shape index (κ3) is 3.18. The molecule has 23 heavy (non-hydrogen) atoms. The van der Waals surface area contributed by atoms with Crippen LogP contribution in [0.2, 0.25) is 0 Å². The lowest BCUT2D eigenvalue weighted by Gasteiger charge is -2.35. The van der Waals surface area contributed by atoms with Gasteiger partial charge in [0.2, 0.25) is 0 Å². The maximum atomic E-state index is 12.8. The predicted molar refractivity (Wildman–Crippen MR) is 88.8 cm³/mol. The van der Waals surface area contributed by atoms with Gasteiger partial charge in [0, 0.05) is 18.7 Å². The molecular weight excluding hydrogens is 290 g/mol. The highest BCUT2D eigenvalue weighted by atomic mass is 16.2. The molecule has 120 valence electrons. The highest BCUT2D eigenvalue weighted by molar-refractivity contribution is 5.92. The number of rotatable bonds is 3. The molecule has 1 atom stereocenters. The third-order valence-electron chi connectivity index (χ3n) is 4.38. The van der Waals surface area contributed by atoms with Crippen LogP contribution in [0.25, 0.3) is 5.69 Å². The lowest BCUT2D eigenvalue weighted by atomic mass is 9.99. The Morgan fingerprint density at radius 3 is 2.70 bits per heavy atom. The Morgan fingerprint density at radius 2 is 1.96 bits per heavy atom. The van der Waals surface area contributed by atoms with Crippen LogP contribution < -0.4 is 5.56 Å². The van der Waals surface area contributed by atoms with Crippen molar-refractivity contribution in [1.29, 1.82) is 0 Å². The van der Waals surface area contributed by atoms with Crippen molar-refractivity contribution in [2.45, 2.75) is 38.6 Å². The quantitative estimate of drug-likeness (QED) is 0.875. The van der Waals surface area contributed by atoms with Gasteiger partial charge in [0.05, 0.1) is 5.69 Å². The number of piperidine rings is 1. The first-order valence-corrected chi connectivity index (χ1v) is 8.17. The SMILES string of the molecule is CC[C@@H]1CCCCN1C(=O)c1ccc(=O)n(-c2ccccc2)n1. The summed E-state index contributed by atoms with van der Waals surface area (Å²) in [6, 6.07) is 12.4. The zero-order chi connectivity index (χ0) is 16.2. The number of hydrogen-bond donors (Lipinski definition) is 0. The van der Waals surface area contributed by atoms with Gasteiger partial charge in [0.1, 0.15) is 5.69 Å². The van der Waals surface area contributed by atoms with Crippen molar-refractivity contribution >= 4 is 5.91 Å². The monoisotopic (exact) mass is 311 g/mol. The predicted octanol–water partition coefficient (Wildman–Crippen LogP) is 2.64. The summed E-state index contributed by atoms with van der Waals surface area (Å²) in [5, 5.41) is 4.30. The van der Waals surface area contributed by atoms with Gasteiger partial charge in [0.25, 0.3) is 11.5 Å². The van der Waals surface area contributed by atoms with Crippen LogP contribution >= 0.6 is 0 Å². The molecule has 0 radical (unpaired) electrons. The van der Waals surface area contributed by atoms with Crippen molar-refractivity contribution in [2.24, 2.45) is 0 Å². The number of para-hydroxylation sites is 1. The topological polar surface area (TPSA) is 55.2 Å². The van der Waals surface area contributed by atoms with E-state index in [4.69, 9.17) is 0 Å². The first-order valence-electron chi connectivity index (χ1n) is 8.17. The molecule has 1 fully saturated rings. The van der Waals surface area contributed by atoms with Crippen molar-refractivity contribution in [1.82, 2.24) is 14.7 Å². The van der Waals surface area contributed by atoms with Crippen molar-refractivity contribution < 1.29 is 4.79 Å². The Bertz CT molecular complexity index is 739. The minimum Gasteiger partial charge on any atom is -0.334 e. The molecular formula is C18H21N3O2. The molecule has 2 heterocycles. The van der Waals surface area contributed by atoms with Crippen LogP contribution in [0.4, 0.5) is 0 Å². The van der Waals surface area contributed by atoms with Crippen molar-refractivity contribution in [2.75, 3.05) is 6.54 Å². The minimum atomic E-state index is -0.238. The molecule has 0 bridgehead atoms. The van der Waals surface area contributed by atoms with E-state index in [2.05, 4.69) is 12.0 Å². The number of nitrogens with zero attached hydrogens (tertiary/aromatic N) is 3. The Labute approximate surface area is 135 Å². The van der Waals surface area contributed by atoms with Gasteiger partial charge >= 0.3 is 0 Å². The number of hydrogen-bond acceptors (Lipinski definition) is 3.